The third-order valence-electron chi connectivity index (χ3n) is 5.02. The minimum absolute atomic E-state index is 0.448. The molecule has 0 unspecified atom stereocenters. The largest absolute Gasteiger partial charge is 0.273 e. The van der Waals surface area contributed by atoms with E-state index in [2.05, 4.69) is 15.0 Å². The SMILES string of the molecule is Cn1cc(-c2ccc(-c3ccc(C4(C(=O)NS(C)(=O)=O)CC4)cc3)cc2)nn1. The lowest BCUT2D eigenvalue weighted by molar-refractivity contribution is -0.121. The summed E-state index contributed by atoms with van der Waals surface area (Å²) < 4.78 is 26.5. The fraction of sp³-hybridized carbons (Fsp3) is 0.250. The van der Waals surface area contributed by atoms with Gasteiger partial charge < -0.3 is 0 Å². The second-order valence-corrected chi connectivity index (χ2v) is 8.97. The summed E-state index contributed by atoms with van der Waals surface area (Å²) in [4.78, 5) is 12.4. The Morgan fingerprint density at radius 1 is 1.00 bits per heavy atom. The van der Waals surface area contributed by atoms with Crippen molar-refractivity contribution >= 4 is 15.9 Å². The Morgan fingerprint density at radius 2 is 1.54 bits per heavy atom. The minimum atomic E-state index is -3.56. The summed E-state index contributed by atoms with van der Waals surface area (Å²) in [6.07, 6.45) is 4.16. The van der Waals surface area contributed by atoms with Crippen LogP contribution in [-0.4, -0.2) is 35.6 Å². The quantitative estimate of drug-likeness (QED) is 0.714. The predicted molar refractivity (Wildman–Crippen MR) is 106 cm³/mol. The van der Waals surface area contributed by atoms with Gasteiger partial charge in [0.25, 0.3) is 0 Å². The van der Waals surface area contributed by atoms with E-state index < -0.39 is 21.3 Å². The summed E-state index contributed by atoms with van der Waals surface area (Å²) in [6, 6.07) is 15.7. The third-order valence-corrected chi connectivity index (χ3v) is 5.57. The molecule has 7 nitrogen and oxygen atoms in total. The van der Waals surface area contributed by atoms with Crippen LogP contribution in [0.5, 0.6) is 0 Å². The molecule has 1 fully saturated rings. The molecule has 4 rings (SSSR count). The van der Waals surface area contributed by atoms with Gasteiger partial charge in [0.1, 0.15) is 5.69 Å². The molecule has 0 saturated heterocycles. The predicted octanol–water partition coefficient (Wildman–Crippen LogP) is 2.26. The molecule has 1 saturated carbocycles. The highest BCUT2D eigenvalue weighted by Gasteiger charge is 2.51. The van der Waals surface area contributed by atoms with Gasteiger partial charge in [0.15, 0.2) is 0 Å². The van der Waals surface area contributed by atoms with Crippen molar-refractivity contribution < 1.29 is 13.2 Å². The van der Waals surface area contributed by atoms with Crippen LogP contribution < -0.4 is 4.72 Å². The molecule has 28 heavy (non-hydrogen) atoms. The van der Waals surface area contributed by atoms with Crippen molar-refractivity contribution in [1.29, 1.82) is 0 Å². The van der Waals surface area contributed by atoms with E-state index in [0.29, 0.717) is 12.8 Å². The first kappa shape index (κ1) is 18.4. The topological polar surface area (TPSA) is 94.0 Å². The number of nitrogens with one attached hydrogen (secondary N) is 1. The molecule has 1 amide bonds. The smallest absolute Gasteiger partial charge is 0.244 e. The average molecular weight is 396 g/mol. The van der Waals surface area contributed by atoms with Crippen LogP contribution in [0.4, 0.5) is 0 Å². The number of carbonyl (C=O) groups excluding carboxylic acids is 1. The number of aryl methyl sites for hydroxylation is 1. The van der Waals surface area contributed by atoms with Gasteiger partial charge in [-0.05, 0) is 29.5 Å². The fourth-order valence-corrected chi connectivity index (χ4v) is 3.86. The number of hydrogen-bond donors (Lipinski definition) is 1. The number of amides is 1. The highest BCUT2D eigenvalue weighted by molar-refractivity contribution is 7.89. The summed E-state index contributed by atoms with van der Waals surface area (Å²) in [7, 11) is -1.73. The lowest BCUT2D eigenvalue weighted by atomic mass is 9.93. The number of carbonyl (C=O) groups is 1. The Labute approximate surface area is 163 Å². The average Bonchev–Trinajstić information content (AvgIpc) is 3.36. The summed E-state index contributed by atoms with van der Waals surface area (Å²) in [5, 5.41) is 8.05. The lowest BCUT2D eigenvalue weighted by Gasteiger charge is -2.15. The monoisotopic (exact) mass is 396 g/mol. The zero-order chi connectivity index (χ0) is 19.9. The van der Waals surface area contributed by atoms with E-state index in [0.717, 1.165) is 34.2 Å². The molecule has 1 aliphatic rings. The Balaban J connectivity index is 1.54. The van der Waals surface area contributed by atoms with Gasteiger partial charge in [0.2, 0.25) is 15.9 Å². The number of benzene rings is 2. The molecule has 0 aliphatic heterocycles. The summed E-state index contributed by atoms with van der Waals surface area (Å²) in [5.74, 6) is -0.448. The van der Waals surface area contributed by atoms with Gasteiger partial charge in [0, 0.05) is 12.6 Å². The molecule has 1 aliphatic carbocycles. The second-order valence-electron chi connectivity index (χ2n) is 7.22. The van der Waals surface area contributed by atoms with Gasteiger partial charge in [-0.3, -0.25) is 14.2 Å². The van der Waals surface area contributed by atoms with Crippen molar-refractivity contribution in [3.05, 3.63) is 60.3 Å². The van der Waals surface area contributed by atoms with Crippen molar-refractivity contribution in [3.8, 4) is 22.4 Å². The first-order valence-electron chi connectivity index (χ1n) is 8.87. The van der Waals surface area contributed by atoms with E-state index in [-0.39, 0.29) is 0 Å². The number of aromatic nitrogens is 3. The van der Waals surface area contributed by atoms with E-state index in [1.807, 2.05) is 61.8 Å². The van der Waals surface area contributed by atoms with Crippen molar-refractivity contribution in [2.75, 3.05) is 6.26 Å². The van der Waals surface area contributed by atoms with E-state index in [4.69, 9.17) is 0 Å². The minimum Gasteiger partial charge on any atom is -0.273 e. The number of rotatable bonds is 5. The zero-order valence-electron chi connectivity index (χ0n) is 15.6. The zero-order valence-corrected chi connectivity index (χ0v) is 16.4. The molecule has 0 atom stereocenters. The Kier molecular flexibility index (Phi) is 4.30. The molecule has 144 valence electrons. The van der Waals surface area contributed by atoms with Gasteiger partial charge in [0.05, 0.1) is 17.9 Å². The first-order valence-corrected chi connectivity index (χ1v) is 10.8. The molecule has 3 aromatic rings. The maximum atomic E-state index is 12.4. The van der Waals surface area contributed by atoms with Gasteiger partial charge in [-0.1, -0.05) is 53.7 Å². The van der Waals surface area contributed by atoms with Gasteiger partial charge in [-0.15, -0.1) is 5.10 Å². The van der Waals surface area contributed by atoms with Crippen LogP contribution in [0.2, 0.25) is 0 Å². The Bertz CT molecular complexity index is 1130. The van der Waals surface area contributed by atoms with Crippen molar-refractivity contribution in [3.63, 3.8) is 0 Å². The first-order chi connectivity index (χ1) is 13.3. The number of hydrogen-bond acceptors (Lipinski definition) is 5. The number of nitrogens with zero attached hydrogens (tertiary/aromatic N) is 3. The van der Waals surface area contributed by atoms with Crippen molar-refractivity contribution in [1.82, 2.24) is 19.7 Å². The Morgan fingerprint density at radius 3 is 2.00 bits per heavy atom. The standard InChI is InChI=1S/C20H20N4O3S/c1-24-13-18(21-23-24)16-5-3-14(4-6-16)15-7-9-17(10-8-15)20(11-12-20)19(25)22-28(2,26)27/h3-10,13H,11-12H2,1-2H3,(H,22,25). The van der Waals surface area contributed by atoms with E-state index in [1.54, 1.807) is 4.68 Å². The van der Waals surface area contributed by atoms with Crippen LogP contribution in [0.25, 0.3) is 22.4 Å². The Hall–Kier alpha value is -3.00. The van der Waals surface area contributed by atoms with Crippen LogP contribution in [0.15, 0.2) is 54.7 Å². The lowest BCUT2D eigenvalue weighted by Crippen LogP contribution is -2.38. The molecule has 1 heterocycles. The van der Waals surface area contributed by atoms with Crippen LogP contribution in [0, 0.1) is 0 Å². The molecule has 8 heteroatoms. The summed E-state index contributed by atoms with van der Waals surface area (Å²) in [5.41, 5.74) is 3.99. The van der Waals surface area contributed by atoms with Gasteiger partial charge >= 0.3 is 0 Å². The molecule has 0 spiro atoms. The second kappa shape index (κ2) is 6.56. The highest BCUT2D eigenvalue weighted by Crippen LogP contribution is 2.48. The van der Waals surface area contributed by atoms with Crippen LogP contribution >= 0.6 is 0 Å². The maximum absolute atomic E-state index is 12.4. The number of sulfonamides is 1. The van der Waals surface area contributed by atoms with Crippen LogP contribution in [0.1, 0.15) is 18.4 Å². The van der Waals surface area contributed by atoms with Crippen LogP contribution in [-0.2, 0) is 27.3 Å². The molecule has 0 radical (unpaired) electrons. The fourth-order valence-electron chi connectivity index (χ4n) is 3.33. The molecular weight excluding hydrogens is 376 g/mol. The normalized spacial score (nSPS) is 15.2. The molecule has 2 aromatic carbocycles. The van der Waals surface area contributed by atoms with E-state index in [9.17, 15) is 13.2 Å². The van der Waals surface area contributed by atoms with Crippen LogP contribution in [0.3, 0.4) is 0 Å². The van der Waals surface area contributed by atoms with E-state index in [1.165, 1.54) is 0 Å². The summed E-state index contributed by atoms with van der Waals surface area (Å²) in [6.45, 7) is 0. The van der Waals surface area contributed by atoms with Crippen molar-refractivity contribution in [2.45, 2.75) is 18.3 Å². The molecular formula is C20H20N4O3S. The van der Waals surface area contributed by atoms with Crippen molar-refractivity contribution in [2.24, 2.45) is 7.05 Å². The van der Waals surface area contributed by atoms with E-state index >= 15 is 0 Å². The summed E-state index contributed by atoms with van der Waals surface area (Å²) >= 11 is 0. The van der Waals surface area contributed by atoms with Gasteiger partial charge in [-0.25, -0.2) is 8.42 Å². The maximum Gasteiger partial charge on any atom is 0.244 e. The molecule has 1 aromatic heterocycles. The highest BCUT2D eigenvalue weighted by atomic mass is 32.2. The van der Waals surface area contributed by atoms with Gasteiger partial charge in [-0.2, -0.15) is 0 Å². The molecule has 1 N–H and O–H groups in total. The molecule has 0 bridgehead atoms. The third kappa shape index (κ3) is 3.55.